The maximum absolute atomic E-state index is 12.5. The third-order valence-corrected chi connectivity index (χ3v) is 8.63. The molecule has 3 fully saturated rings. The van der Waals surface area contributed by atoms with Gasteiger partial charge in [-0.15, -0.1) is 0 Å². The van der Waals surface area contributed by atoms with Crippen LogP contribution in [0.25, 0.3) is 0 Å². The first-order chi connectivity index (χ1) is 11.8. The average molecular weight is 359 g/mol. The second-order valence-electron chi connectivity index (χ2n) is 8.75. The van der Waals surface area contributed by atoms with E-state index in [1.165, 1.54) is 11.8 Å². The molecule has 3 saturated carbocycles. The Morgan fingerprint density at radius 2 is 1.96 bits per heavy atom. The second kappa shape index (κ2) is 5.67. The van der Waals surface area contributed by atoms with E-state index in [9.17, 15) is 14.4 Å². The Morgan fingerprint density at radius 3 is 2.68 bits per heavy atom. The summed E-state index contributed by atoms with van der Waals surface area (Å²) in [6.07, 6.45) is 10.2. The van der Waals surface area contributed by atoms with Crippen molar-refractivity contribution in [2.24, 2.45) is 28.6 Å². The Labute approximate surface area is 153 Å². The highest BCUT2D eigenvalue weighted by atomic mass is 32.2. The van der Waals surface area contributed by atoms with Crippen molar-refractivity contribution in [3.05, 3.63) is 23.8 Å². The summed E-state index contributed by atoms with van der Waals surface area (Å²) in [7, 11) is 0. The lowest BCUT2D eigenvalue weighted by molar-refractivity contribution is -0.131. The van der Waals surface area contributed by atoms with E-state index in [4.69, 9.17) is 0 Å². The van der Waals surface area contributed by atoms with Crippen LogP contribution in [0.2, 0.25) is 0 Å². The molecule has 134 valence electrons. The van der Waals surface area contributed by atoms with Crippen LogP contribution in [0.5, 0.6) is 0 Å². The zero-order valence-electron chi connectivity index (χ0n) is 15.2. The van der Waals surface area contributed by atoms with E-state index in [2.05, 4.69) is 19.9 Å². The first kappa shape index (κ1) is 17.3. The summed E-state index contributed by atoms with van der Waals surface area (Å²) >= 11 is 1.37. The Morgan fingerprint density at radius 1 is 1.20 bits per heavy atom. The fourth-order valence-corrected chi connectivity index (χ4v) is 7.47. The Hall–Kier alpha value is -1.16. The zero-order valence-corrected chi connectivity index (χ0v) is 16.0. The van der Waals surface area contributed by atoms with Gasteiger partial charge in [0.15, 0.2) is 10.9 Å². The van der Waals surface area contributed by atoms with Crippen LogP contribution < -0.4 is 0 Å². The number of carbonyl (C=O) groups excluding carboxylic acids is 3. The summed E-state index contributed by atoms with van der Waals surface area (Å²) in [5, 5.41) is 0.172. The van der Waals surface area contributed by atoms with Crippen LogP contribution in [0.1, 0.15) is 52.9 Å². The first-order valence-corrected chi connectivity index (χ1v) is 10.3. The summed E-state index contributed by atoms with van der Waals surface area (Å²) in [5.74, 6) is 1.83. The fourth-order valence-electron chi connectivity index (χ4n) is 6.30. The minimum absolute atomic E-state index is 0.0387. The Balaban J connectivity index is 1.76. The molecule has 0 saturated heterocycles. The molecule has 0 aromatic heterocycles. The van der Waals surface area contributed by atoms with Gasteiger partial charge in [0.25, 0.3) is 0 Å². The van der Waals surface area contributed by atoms with Crippen molar-refractivity contribution in [1.29, 1.82) is 0 Å². The fraction of sp³-hybridized carbons (Fsp3) is 0.667. The number of thioether (sulfide) groups is 1. The van der Waals surface area contributed by atoms with Gasteiger partial charge in [-0.1, -0.05) is 31.7 Å². The maximum atomic E-state index is 12.5. The van der Waals surface area contributed by atoms with Crippen LogP contribution in [-0.2, 0) is 14.4 Å². The molecule has 0 aliphatic heterocycles. The van der Waals surface area contributed by atoms with Crippen molar-refractivity contribution in [2.75, 3.05) is 0 Å². The molecule has 0 bridgehead atoms. The van der Waals surface area contributed by atoms with E-state index in [1.807, 2.05) is 0 Å². The van der Waals surface area contributed by atoms with E-state index in [0.29, 0.717) is 30.0 Å². The smallest absolute Gasteiger partial charge is 0.186 e. The van der Waals surface area contributed by atoms with E-state index < -0.39 is 0 Å². The molecule has 4 heteroatoms. The predicted octanol–water partition coefficient (Wildman–Crippen LogP) is 4.12. The van der Waals surface area contributed by atoms with Crippen molar-refractivity contribution in [1.82, 2.24) is 0 Å². The topological polar surface area (TPSA) is 51.2 Å². The summed E-state index contributed by atoms with van der Waals surface area (Å²) in [6.45, 7) is 6.02. The number of ketones is 2. The molecule has 4 rings (SSSR count). The molecule has 0 heterocycles. The Kier molecular flexibility index (Phi) is 3.91. The molecule has 0 aromatic rings. The maximum Gasteiger partial charge on any atom is 0.186 e. The third kappa shape index (κ3) is 2.43. The Bertz CT molecular complexity index is 721. The normalized spacial score (nSPS) is 45.5. The number of rotatable bonds is 1. The minimum atomic E-state index is -0.168. The molecule has 0 aromatic carbocycles. The lowest BCUT2D eigenvalue weighted by Crippen LogP contribution is -2.52. The van der Waals surface area contributed by atoms with E-state index in [1.54, 1.807) is 19.1 Å². The number of carbonyl (C=O) groups is 3. The number of allylic oxidation sites excluding steroid dienone is 3. The predicted molar refractivity (Wildman–Crippen MR) is 99.1 cm³/mol. The standard InChI is InChI=1S/C21H26O3S/c1-12(22)25-18-11-14-15-4-5-19(24)21(15,3)9-7-16(14)20(2)8-6-13(23)10-17(18)20/h6,8,10,14-16,18H,4-5,7,9,11H2,1-3H3/t14-,15-,16-,18+,20+,21-/m0/s1. The molecular weight excluding hydrogens is 332 g/mol. The van der Waals surface area contributed by atoms with Crippen molar-refractivity contribution >= 4 is 28.4 Å². The van der Waals surface area contributed by atoms with Gasteiger partial charge in [0.05, 0.1) is 0 Å². The quantitative estimate of drug-likeness (QED) is 0.707. The van der Waals surface area contributed by atoms with Gasteiger partial charge in [0.2, 0.25) is 0 Å². The van der Waals surface area contributed by atoms with Gasteiger partial charge in [-0.2, -0.15) is 0 Å². The van der Waals surface area contributed by atoms with Crippen LogP contribution in [0.15, 0.2) is 23.8 Å². The highest BCUT2D eigenvalue weighted by molar-refractivity contribution is 8.14. The molecular formula is C21H26O3S. The van der Waals surface area contributed by atoms with Gasteiger partial charge >= 0.3 is 0 Å². The molecule has 3 nitrogen and oxygen atoms in total. The second-order valence-corrected chi connectivity index (χ2v) is 10.1. The van der Waals surface area contributed by atoms with Crippen molar-refractivity contribution in [2.45, 2.75) is 58.1 Å². The first-order valence-electron chi connectivity index (χ1n) is 9.41. The van der Waals surface area contributed by atoms with Crippen LogP contribution in [0.4, 0.5) is 0 Å². The number of fused-ring (bicyclic) bond motifs is 5. The van der Waals surface area contributed by atoms with Gasteiger partial charge in [-0.25, -0.2) is 0 Å². The highest BCUT2D eigenvalue weighted by Crippen LogP contribution is 2.64. The summed E-state index contributed by atoms with van der Waals surface area (Å²) < 4.78 is 0. The lowest BCUT2D eigenvalue weighted by Gasteiger charge is -2.57. The average Bonchev–Trinajstić information content (AvgIpc) is 2.84. The van der Waals surface area contributed by atoms with Crippen LogP contribution in [0, 0.1) is 28.6 Å². The van der Waals surface area contributed by atoms with E-state index in [0.717, 1.165) is 31.3 Å². The molecule has 0 unspecified atom stereocenters. The molecule has 4 aliphatic carbocycles. The van der Waals surface area contributed by atoms with E-state index in [-0.39, 0.29) is 27.0 Å². The van der Waals surface area contributed by atoms with Crippen LogP contribution in [-0.4, -0.2) is 21.9 Å². The van der Waals surface area contributed by atoms with Gasteiger partial charge in [-0.05, 0) is 61.2 Å². The number of hydrogen-bond donors (Lipinski definition) is 0. The van der Waals surface area contributed by atoms with Crippen LogP contribution in [0.3, 0.4) is 0 Å². The van der Waals surface area contributed by atoms with Gasteiger partial charge < -0.3 is 0 Å². The van der Waals surface area contributed by atoms with Crippen molar-refractivity contribution < 1.29 is 14.4 Å². The molecule has 0 N–H and O–H groups in total. The molecule has 6 atom stereocenters. The van der Waals surface area contributed by atoms with Crippen molar-refractivity contribution in [3.8, 4) is 0 Å². The van der Waals surface area contributed by atoms with Gasteiger partial charge in [-0.3, -0.25) is 14.4 Å². The summed E-state index contributed by atoms with van der Waals surface area (Å²) in [4.78, 5) is 36.4. The number of Topliss-reactive ketones (excluding diaryl/α,β-unsaturated/α-hetero) is 1. The monoisotopic (exact) mass is 358 g/mol. The minimum Gasteiger partial charge on any atom is -0.299 e. The largest absolute Gasteiger partial charge is 0.299 e. The molecule has 0 amide bonds. The summed E-state index contributed by atoms with van der Waals surface area (Å²) in [6, 6.07) is 0. The highest BCUT2D eigenvalue weighted by Gasteiger charge is 2.60. The third-order valence-electron chi connectivity index (χ3n) is 7.57. The molecule has 0 radical (unpaired) electrons. The van der Waals surface area contributed by atoms with Crippen molar-refractivity contribution in [3.63, 3.8) is 0 Å². The number of hydrogen-bond acceptors (Lipinski definition) is 4. The summed E-state index contributed by atoms with van der Waals surface area (Å²) in [5.41, 5.74) is 0.810. The lowest BCUT2D eigenvalue weighted by atomic mass is 9.48. The van der Waals surface area contributed by atoms with E-state index >= 15 is 0 Å². The SMILES string of the molecule is CC(=O)S[C@@H]1C[C@@H]2[C@H](CC[C@]3(C)C(=O)CC[C@@H]23)[C@@]2(C)C=CC(=O)C=C12. The molecule has 25 heavy (non-hydrogen) atoms. The van der Waals surface area contributed by atoms with Gasteiger partial charge in [0.1, 0.15) is 5.78 Å². The molecule has 0 spiro atoms. The van der Waals surface area contributed by atoms with Gasteiger partial charge in [0, 0.05) is 29.4 Å². The van der Waals surface area contributed by atoms with Crippen LogP contribution >= 0.6 is 11.8 Å². The zero-order chi connectivity index (χ0) is 18.0. The molecule has 4 aliphatic rings.